The summed E-state index contributed by atoms with van der Waals surface area (Å²) in [6, 6.07) is 7.20. The van der Waals surface area contributed by atoms with Crippen LogP contribution in [0.15, 0.2) is 24.3 Å². The molecule has 114 valence electrons. The first kappa shape index (κ1) is 16.9. The van der Waals surface area contributed by atoms with Crippen LogP contribution >= 0.6 is 0 Å². The molecule has 0 aliphatic heterocycles. The second-order valence-corrected chi connectivity index (χ2v) is 6.89. The summed E-state index contributed by atoms with van der Waals surface area (Å²) in [6.45, 7) is 6.58. The second-order valence-electron chi connectivity index (χ2n) is 4.85. The van der Waals surface area contributed by atoms with Gasteiger partial charge >= 0.3 is 0 Å². The molecule has 0 spiro atoms. The Balaban J connectivity index is 2.87. The van der Waals surface area contributed by atoms with E-state index < -0.39 is 10.0 Å². The van der Waals surface area contributed by atoms with Crippen molar-refractivity contribution in [3.05, 3.63) is 29.8 Å². The van der Waals surface area contributed by atoms with Crippen molar-refractivity contribution >= 4 is 15.7 Å². The van der Waals surface area contributed by atoms with E-state index in [2.05, 4.69) is 0 Å². The molecule has 1 aromatic carbocycles. The highest BCUT2D eigenvalue weighted by atomic mass is 32.2. The third-order valence-corrected chi connectivity index (χ3v) is 4.95. The molecule has 0 fully saturated rings. The van der Waals surface area contributed by atoms with Crippen molar-refractivity contribution in [2.24, 2.45) is 0 Å². The van der Waals surface area contributed by atoms with Crippen LogP contribution in [0.25, 0.3) is 0 Å². The van der Waals surface area contributed by atoms with Gasteiger partial charge in [0.25, 0.3) is 0 Å². The van der Waals surface area contributed by atoms with E-state index in [9.17, 15) is 8.42 Å². The minimum absolute atomic E-state index is 0.00818. The van der Waals surface area contributed by atoms with Crippen LogP contribution in [-0.2, 0) is 21.3 Å². The lowest BCUT2D eigenvalue weighted by atomic mass is 10.2. The fourth-order valence-electron chi connectivity index (χ4n) is 1.87. The average molecular weight is 300 g/mol. The highest BCUT2D eigenvalue weighted by Crippen LogP contribution is 2.18. The third kappa shape index (κ3) is 4.77. The molecule has 1 rings (SSSR count). The summed E-state index contributed by atoms with van der Waals surface area (Å²) in [5.74, 6) is -0.00818. The van der Waals surface area contributed by atoms with E-state index in [0.717, 1.165) is 5.56 Å². The van der Waals surface area contributed by atoms with Gasteiger partial charge in [-0.1, -0.05) is 18.2 Å². The summed E-state index contributed by atoms with van der Waals surface area (Å²) < 4.78 is 31.3. The first-order valence-corrected chi connectivity index (χ1v) is 8.40. The standard InChI is InChI=1S/C14H24N2O3S/c1-4-19-9-10-20(17,18)16(12(2)3)11-13-7-5-6-8-14(13)15/h5-8,12H,4,9-11,15H2,1-3H3. The first-order valence-electron chi connectivity index (χ1n) is 6.79. The van der Waals surface area contributed by atoms with E-state index in [1.165, 1.54) is 4.31 Å². The van der Waals surface area contributed by atoms with Gasteiger partial charge in [-0.15, -0.1) is 0 Å². The van der Waals surface area contributed by atoms with Crippen LogP contribution in [0.2, 0.25) is 0 Å². The summed E-state index contributed by atoms with van der Waals surface area (Å²) in [7, 11) is -3.36. The Bertz CT molecular complexity index is 515. The lowest BCUT2D eigenvalue weighted by molar-refractivity contribution is 0.162. The van der Waals surface area contributed by atoms with E-state index in [-0.39, 0.29) is 18.4 Å². The number of hydrogen-bond acceptors (Lipinski definition) is 4. The summed E-state index contributed by atoms with van der Waals surface area (Å²) in [5.41, 5.74) is 7.32. The van der Waals surface area contributed by atoms with Crippen LogP contribution in [0, 0.1) is 0 Å². The van der Waals surface area contributed by atoms with Crippen molar-refractivity contribution in [1.29, 1.82) is 0 Å². The molecule has 6 heteroatoms. The van der Waals surface area contributed by atoms with E-state index >= 15 is 0 Å². The molecule has 0 saturated carbocycles. The molecule has 0 saturated heterocycles. The van der Waals surface area contributed by atoms with Crippen molar-refractivity contribution in [2.75, 3.05) is 24.7 Å². The van der Waals surface area contributed by atoms with Crippen molar-refractivity contribution in [3.8, 4) is 0 Å². The number of anilines is 1. The van der Waals surface area contributed by atoms with Gasteiger partial charge in [-0.05, 0) is 32.4 Å². The Kier molecular flexibility index (Phi) is 6.45. The fourth-order valence-corrected chi connectivity index (χ4v) is 3.42. The Morgan fingerprint density at radius 2 is 1.95 bits per heavy atom. The van der Waals surface area contributed by atoms with Crippen LogP contribution in [-0.4, -0.2) is 37.7 Å². The normalized spacial score (nSPS) is 12.2. The number of ether oxygens (including phenoxy) is 1. The highest BCUT2D eigenvalue weighted by Gasteiger charge is 2.25. The number of nitrogen functional groups attached to an aromatic ring is 1. The van der Waals surface area contributed by atoms with E-state index in [4.69, 9.17) is 10.5 Å². The van der Waals surface area contributed by atoms with E-state index in [1.54, 1.807) is 6.07 Å². The molecule has 0 bridgehead atoms. The Morgan fingerprint density at radius 3 is 2.50 bits per heavy atom. The smallest absolute Gasteiger partial charge is 0.216 e. The molecule has 1 aromatic rings. The van der Waals surface area contributed by atoms with Gasteiger partial charge in [0.2, 0.25) is 10.0 Å². The molecule has 0 heterocycles. The zero-order valence-corrected chi connectivity index (χ0v) is 13.2. The van der Waals surface area contributed by atoms with Gasteiger partial charge in [0.05, 0.1) is 12.4 Å². The number of hydrogen-bond donors (Lipinski definition) is 1. The second kappa shape index (κ2) is 7.61. The van der Waals surface area contributed by atoms with Crippen LogP contribution in [0.1, 0.15) is 26.3 Å². The average Bonchev–Trinajstić information content (AvgIpc) is 2.37. The maximum Gasteiger partial charge on any atom is 0.216 e. The quantitative estimate of drug-likeness (QED) is 0.587. The molecule has 0 atom stereocenters. The minimum atomic E-state index is -3.36. The molecule has 20 heavy (non-hydrogen) atoms. The Labute approximate surface area is 121 Å². The minimum Gasteiger partial charge on any atom is -0.398 e. The van der Waals surface area contributed by atoms with Gasteiger partial charge in [0.15, 0.2) is 0 Å². The number of para-hydroxylation sites is 1. The summed E-state index contributed by atoms with van der Waals surface area (Å²) in [4.78, 5) is 0. The number of sulfonamides is 1. The summed E-state index contributed by atoms with van der Waals surface area (Å²) in [6.07, 6.45) is 0. The first-order chi connectivity index (χ1) is 9.38. The Hall–Kier alpha value is -1.11. The third-order valence-electron chi connectivity index (χ3n) is 3.00. The molecule has 0 aliphatic carbocycles. The number of rotatable bonds is 8. The van der Waals surface area contributed by atoms with E-state index in [1.807, 2.05) is 39.0 Å². The van der Waals surface area contributed by atoms with Gasteiger partial charge < -0.3 is 10.5 Å². The predicted octanol–water partition coefficient (Wildman–Crippen LogP) is 1.85. The van der Waals surface area contributed by atoms with Crippen molar-refractivity contribution in [3.63, 3.8) is 0 Å². The molecule has 0 aromatic heterocycles. The van der Waals surface area contributed by atoms with Gasteiger partial charge in [-0.3, -0.25) is 0 Å². The van der Waals surface area contributed by atoms with Crippen molar-refractivity contribution in [2.45, 2.75) is 33.4 Å². The predicted molar refractivity (Wildman–Crippen MR) is 81.8 cm³/mol. The van der Waals surface area contributed by atoms with Crippen LogP contribution in [0.4, 0.5) is 5.69 Å². The summed E-state index contributed by atoms with van der Waals surface area (Å²) in [5, 5.41) is 0. The van der Waals surface area contributed by atoms with Gasteiger partial charge in [0.1, 0.15) is 0 Å². The van der Waals surface area contributed by atoms with E-state index in [0.29, 0.717) is 18.8 Å². The SMILES string of the molecule is CCOCCS(=O)(=O)N(Cc1ccccc1N)C(C)C. The molecule has 0 amide bonds. The summed E-state index contributed by atoms with van der Waals surface area (Å²) >= 11 is 0. The van der Waals surface area contributed by atoms with Crippen molar-refractivity contribution in [1.82, 2.24) is 4.31 Å². The van der Waals surface area contributed by atoms with Crippen molar-refractivity contribution < 1.29 is 13.2 Å². The van der Waals surface area contributed by atoms with Gasteiger partial charge in [-0.25, -0.2) is 8.42 Å². The number of nitrogens with two attached hydrogens (primary N) is 1. The monoisotopic (exact) mass is 300 g/mol. The van der Waals surface area contributed by atoms with Crippen LogP contribution in [0.5, 0.6) is 0 Å². The molecule has 0 radical (unpaired) electrons. The lowest BCUT2D eigenvalue weighted by Gasteiger charge is -2.26. The largest absolute Gasteiger partial charge is 0.398 e. The topological polar surface area (TPSA) is 72.6 Å². The molecular weight excluding hydrogens is 276 g/mol. The molecule has 0 aliphatic rings. The molecular formula is C14H24N2O3S. The van der Waals surface area contributed by atoms with Gasteiger partial charge in [0, 0.05) is 24.9 Å². The highest BCUT2D eigenvalue weighted by molar-refractivity contribution is 7.89. The maximum absolute atomic E-state index is 12.4. The lowest BCUT2D eigenvalue weighted by Crippen LogP contribution is -2.39. The zero-order valence-electron chi connectivity index (χ0n) is 12.4. The fraction of sp³-hybridized carbons (Fsp3) is 0.571. The zero-order chi connectivity index (χ0) is 15.2. The van der Waals surface area contributed by atoms with Crippen LogP contribution in [0.3, 0.4) is 0 Å². The maximum atomic E-state index is 12.4. The van der Waals surface area contributed by atoms with Gasteiger partial charge in [-0.2, -0.15) is 4.31 Å². The molecule has 0 unspecified atom stereocenters. The molecule has 2 N–H and O–H groups in total. The number of nitrogens with zero attached hydrogens (tertiary/aromatic N) is 1. The molecule has 5 nitrogen and oxygen atoms in total. The number of benzene rings is 1. The van der Waals surface area contributed by atoms with Crippen LogP contribution < -0.4 is 5.73 Å². The Morgan fingerprint density at radius 1 is 1.30 bits per heavy atom.